The molecule has 0 atom stereocenters. The van der Waals surface area contributed by atoms with Gasteiger partial charge in [-0.05, 0) is 54.7 Å². The molecular weight excluding hydrogens is 322 g/mol. The molecular formula is C22H23N3O. The zero-order valence-electron chi connectivity index (χ0n) is 14.8. The first-order valence-electron chi connectivity index (χ1n) is 9.29. The molecule has 0 unspecified atom stereocenters. The van der Waals surface area contributed by atoms with Crippen LogP contribution in [0.2, 0.25) is 0 Å². The Hall–Kier alpha value is -2.88. The number of anilines is 1. The molecule has 0 radical (unpaired) electrons. The molecule has 1 amide bonds. The number of benzene rings is 2. The van der Waals surface area contributed by atoms with Crippen molar-refractivity contribution in [3.05, 3.63) is 78.4 Å². The Kier molecular flexibility index (Phi) is 4.82. The van der Waals surface area contributed by atoms with Crippen LogP contribution in [0.5, 0.6) is 0 Å². The van der Waals surface area contributed by atoms with Crippen molar-refractivity contribution in [3.8, 4) is 5.69 Å². The lowest BCUT2D eigenvalue weighted by atomic mass is 9.83. The molecule has 1 saturated carbocycles. The molecule has 0 bridgehead atoms. The first kappa shape index (κ1) is 16.6. The molecule has 0 saturated heterocycles. The lowest BCUT2D eigenvalue weighted by Gasteiger charge is -2.22. The van der Waals surface area contributed by atoms with E-state index in [9.17, 15) is 4.79 Å². The zero-order valence-corrected chi connectivity index (χ0v) is 14.8. The van der Waals surface area contributed by atoms with E-state index in [2.05, 4.69) is 22.4 Å². The summed E-state index contributed by atoms with van der Waals surface area (Å²) in [5.74, 6) is 0.534. The van der Waals surface area contributed by atoms with Gasteiger partial charge in [-0.3, -0.25) is 4.79 Å². The standard InChI is InChI=1S/C22H23N3O/c26-22(19-9-4-8-18(14-19)17-6-2-1-3-7-17)24-20-10-5-11-21(15-20)25-13-12-23-16-25/h4-5,8-17H,1-3,6-7H2,(H,24,26). The van der Waals surface area contributed by atoms with Crippen molar-refractivity contribution in [3.63, 3.8) is 0 Å². The number of nitrogens with zero attached hydrogens (tertiary/aromatic N) is 2. The van der Waals surface area contributed by atoms with Gasteiger partial charge in [0.05, 0.1) is 6.33 Å². The van der Waals surface area contributed by atoms with E-state index >= 15 is 0 Å². The van der Waals surface area contributed by atoms with Crippen molar-refractivity contribution in [2.24, 2.45) is 0 Å². The van der Waals surface area contributed by atoms with Crippen LogP contribution >= 0.6 is 0 Å². The maximum absolute atomic E-state index is 12.7. The highest BCUT2D eigenvalue weighted by molar-refractivity contribution is 6.04. The molecule has 3 aromatic rings. The van der Waals surface area contributed by atoms with E-state index in [1.807, 2.05) is 47.2 Å². The predicted molar refractivity (Wildman–Crippen MR) is 104 cm³/mol. The van der Waals surface area contributed by atoms with E-state index in [-0.39, 0.29) is 5.91 Å². The van der Waals surface area contributed by atoms with Crippen molar-refractivity contribution in [1.29, 1.82) is 0 Å². The van der Waals surface area contributed by atoms with Gasteiger partial charge in [0.25, 0.3) is 5.91 Å². The highest BCUT2D eigenvalue weighted by atomic mass is 16.1. The topological polar surface area (TPSA) is 46.9 Å². The van der Waals surface area contributed by atoms with Crippen molar-refractivity contribution < 1.29 is 4.79 Å². The highest BCUT2D eigenvalue weighted by Gasteiger charge is 2.17. The fraction of sp³-hybridized carbons (Fsp3) is 0.273. The van der Waals surface area contributed by atoms with Gasteiger partial charge in [-0.2, -0.15) is 0 Å². The minimum atomic E-state index is -0.0644. The van der Waals surface area contributed by atoms with Gasteiger partial charge in [-0.25, -0.2) is 4.98 Å². The van der Waals surface area contributed by atoms with Crippen LogP contribution < -0.4 is 5.32 Å². The number of carbonyl (C=O) groups is 1. The molecule has 26 heavy (non-hydrogen) atoms. The van der Waals surface area contributed by atoms with Gasteiger partial charge in [0, 0.05) is 29.3 Å². The normalized spacial score (nSPS) is 14.9. The van der Waals surface area contributed by atoms with Gasteiger partial charge in [0.15, 0.2) is 0 Å². The van der Waals surface area contributed by atoms with Crippen LogP contribution in [0.1, 0.15) is 53.9 Å². The Morgan fingerprint density at radius 1 is 1.04 bits per heavy atom. The third-order valence-electron chi connectivity index (χ3n) is 5.13. The summed E-state index contributed by atoms with van der Waals surface area (Å²) in [7, 11) is 0. The monoisotopic (exact) mass is 345 g/mol. The summed E-state index contributed by atoms with van der Waals surface area (Å²) >= 11 is 0. The van der Waals surface area contributed by atoms with Crippen molar-refractivity contribution in [1.82, 2.24) is 9.55 Å². The number of hydrogen-bond acceptors (Lipinski definition) is 2. The molecule has 1 N–H and O–H groups in total. The Labute approximate surface area is 153 Å². The first-order chi connectivity index (χ1) is 12.8. The SMILES string of the molecule is O=C(Nc1cccc(-n2ccnc2)c1)c1cccc(C2CCCCC2)c1. The lowest BCUT2D eigenvalue weighted by molar-refractivity contribution is 0.102. The van der Waals surface area contributed by atoms with Crippen LogP contribution in [-0.4, -0.2) is 15.5 Å². The Balaban J connectivity index is 1.51. The van der Waals surface area contributed by atoms with Gasteiger partial charge in [-0.15, -0.1) is 0 Å². The molecule has 1 aromatic heterocycles. The average molecular weight is 345 g/mol. The third-order valence-corrected chi connectivity index (χ3v) is 5.13. The van der Waals surface area contributed by atoms with Gasteiger partial charge in [0.2, 0.25) is 0 Å². The number of imidazole rings is 1. The summed E-state index contributed by atoms with van der Waals surface area (Å²) in [5, 5.41) is 3.02. The van der Waals surface area contributed by atoms with Gasteiger partial charge >= 0.3 is 0 Å². The molecule has 4 heteroatoms. The van der Waals surface area contributed by atoms with Gasteiger partial charge < -0.3 is 9.88 Å². The summed E-state index contributed by atoms with van der Waals surface area (Å²) in [5.41, 5.74) is 3.77. The quantitative estimate of drug-likeness (QED) is 0.709. The van der Waals surface area contributed by atoms with Crippen LogP contribution in [0.15, 0.2) is 67.3 Å². The number of rotatable bonds is 4. The second-order valence-corrected chi connectivity index (χ2v) is 6.93. The maximum Gasteiger partial charge on any atom is 0.255 e. The largest absolute Gasteiger partial charge is 0.322 e. The first-order valence-corrected chi connectivity index (χ1v) is 9.29. The van der Waals surface area contributed by atoms with E-state index in [1.54, 1.807) is 12.5 Å². The molecule has 1 heterocycles. The second-order valence-electron chi connectivity index (χ2n) is 6.93. The van der Waals surface area contributed by atoms with Crippen LogP contribution in [0.3, 0.4) is 0 Å². The Bertz CT molecular complexity index is 880. The minimum absolute atomic E-state index is 0.0644. The summed E-state index contributed by atoms with van der Waals surface area (Å²) < 4.78 is 1.92. The van der Waals surface area contributed by atoms with Gasteiger partial charge in [0.1, 0.15) is 0 Å². The molecule has 4 rings (SSSR count). The Morgan fingerprint density at radius 2 is 1.88 bits per heavy atom. The highest BCUT2D eigenvalue weighted by Crippen LogP contribution is 2.32. The molecule has 1 aliphatic rings. The summed E-state index contributed by atoms with van der Waals surface area (Å²) in [6.45, 7) is 0. The van der Waals surface area contributed by atoms with E-state index in [1.165, 1.54) is 37.7 Å². The van der Waals surface area contributed by atoms with E-state index < -0.39 is 0 Å². The molecule has 132 valence electrons. The molecule has 0 spiro atoms. The number of aromatic nitrogens is 2. The van der Waals surface area contributed by atoms with E-state index in [0.717, 1.165) is 16.9 Å². The number of carbonyl (C=O) groups excluding carboxylic acids is 1. The minimum Gasteiger partial charge on any atom is -0.322 e. The van der Waals surface area contributed by atoms with Crippen LogP contribution in [0.4, 0.5) is 5.69 Å². The summed E-state index contributed by atoms with van der Waals surface area (Å²) in [6, 6.07) is 15.9. The van der Waals surface area contributed by atoms with E-state index in [4.69, 9.17) is 0 Å². The fourth-order valence-corrected chi connectivity index (χ4v) is 3.73. The average Bonchev–Trinajstić information content (AvgIpc) is 3.24. The van der Waals surface area contributed by atoms with Crippen molar-refractivity contribution >= 4 is 11.6 Å². The fourth-order valence-electron chi connectivity index (χ4n) is 3.73. The molecule has 2 aromatic carbocycles. The maximum atomic E-state index is 12.7. The third kappa shape index (κ3) is 3.69. The van der Waals surface area contributed by atoms with E-state index in [0.29, 0.717) is 5.92 Å². The van der Waals surface area contributed by atoms with Crippen molar-refractivity contribution in [2.75, 3.05) is 5.32 Å². The van der Waals surface area contributed by atoms with Crippen LogP contribution in [0.25, 0.3) is 5.69 Å². The lowest BCUT2D eigenvalue weighted by Crippen LogP contribution is -2.13. The molecule has 0 aliphatic heterocycles. The Morgan fingerprint density at radius 3 is 2.69 bits per heavy atom. The zero-order chi connectivity index (χ0) is 17.8. The molecule has 1 fully saturated rings. The molecule has 4 nitrogen and oxygen atoms in total. The van der Waals surface area contributed by atoms with Crippen LogP contribution in [-0.2, 0) is 0 Å². The molecule has 1 aliphatic carbocycles. The summed E-state index contributed by atoms with van der Waals surface area (Å²) in [4.78, 5) is 16.8. The van der Waals surface area contributed by atoms with Crippen molar-refractivity contribution in [2.45, 2.75) is 38.0 Å². The smallest absolute Gasteiger partial charge is 0.255 e. The van der Waals surface area contributed by atoms with Crippen LogP contribution in [0, 0.1) is 0 Å². The number of amides is 1. The number of hydrogen-bond donors (Lipinski definition) is 1. The number of nitrogens with one attached hydrogen (secondary N) is 1. The second kappa shape index (κ2) is 7.56. The predicted octanol–water partition coefficient (Wildman–Crippen LogP) is 5.17. The van der Waals surface area contributed by atoms with Gasteiger partial charge in [-0.1, -0.05) is 37.5 Å². The summed E-state index contributed by atoms with van der Waals surface area (Å²) in [6.07, 6.45) is 11.8.